The number of hydrogen-bond acceptors (Lipinski definition) is 2. The van der Waals surface area contributed by atoms with E-state index in [2.05, 4.69) is 10.6 Å². The van der Waals surface area contributed by atoms with Crippen molar-refractivity contribution in [2.75, 3.05) is 32.0 Å². The van der Waals surface area contributed by atoms with E-state index < -0.39 is 5.82 Å². The summed E-state index contributed by atoms with van der Waals surface area (Å²) in [6.45, 7) is 2.37. The Morgan fingerprint density at radius 3 is 3.00 bits per heavy atom. The monoisotopic (exact) mass is 265 g/mol. The molecule has 0 saturated carbocycles. The first-order chi connectivity index (χ1) is 9.20. The Kier molecular flexibility index (Phi) is 4.74. The molecule has 0 spiro atoms. The SMILES string of the molecule is CNCC1CCCN(C(=O)Nc2ccccc2F)C1. The number of piperidine rings is 1. The lowest BCUT2D eigenvalue weighted by Gasteiger charge is -2.32. The van der Waals surface area contributed by atoms with E-state index in [1.807, 2.05) is 7.05 Å². The van der Waals surface area contributed by atoms with Crippen molar-refractivity contribution in [3.8, 4) is 0 Å². The Morgan fingerprint density at radius 2 is 2.26 bits per heavy atom. The van der Waals surface area contributed by atoms with Crippen LogP contribution in [0.1, 0.15) is 12.8 Å². The van der Waals surface area contributed by atoms with Crippen LogP contribution in [0.4, 0.5) is 14.9 Å². The number of urea groups is 1. The van der Waals surface area contributed by atoms with Crippen LogP contribution in [0, 0.1) is 11.7 Å². The number of amides is 2. The highest BCUT2D eigenvalue weighted by atomic mass is 19.1. The summed E-state index contributed by atoms with van der Waals surface area (Å²) in [5.74, 6) is 0.0738. The van der Waals surface area contributed by atoms with Gasteiger partial charge in [-0.15, -0.1) is 0 Å². The first kappa shape index (κ1) is 13.8. The topological polar surface area (TPSA) is 44.4 Å². The molecule has 2 N–H and O–H groups in total. The molecule has 0 bridgehead atoms. The molecule has 2 amide bonds. The number of para-hydroxylation sites is 1. The van der Waals surface area contributed by atoms with Crippen molar-refractivity contribution in [3.63, 3.8) is 0 Å². The van der Waals surface area contributed by atoms with Gasteiger partial charge in [0.2, 0.25) is 0 Å². The highest BCUT2D eigenvalue weighted by molar-refractivity contribution is 5.89. The zero-order valence-corrected chi connectivity index (χ0v) is 11.2. The Hall–Kier alpha value is -1.62. The molecule has 104 valence electrons. The third-order valence-corrected chi connectivity index (χ3v) is 3.41. The number of carbonyl (C=O) groups excluding carboxylic acids is 1. The molecule has 1 saturated heterocycles. The number of benzene rings is 1. The van der Waals surface area contributed by atoms with Gasteiger partial charge in [-0.05, 0) is 44.5 Å². The first-order valence-corrected chi connectivity index (χ1v) is 6.65. The minimum atomic E-state index is -0.403. The van der Waals surface area contributed by atoms with Gasteiger partial charge in [0.25, 0.3) is 0 Å². The molecule has 4 nitrogen and oxygen atoms in total. The van der Waals surface area contributed by atoms with Gasteiger partial charge in [0.05, 0.1) is 5.69 Å². The van der Waals surface area contributed by atoms with Crippen molar-refractivity contribution >= 4 is 11.7 Å². The van der Waals surface area contributed by atoms with E-state index in [-0.39, 0.29) is 11.7 Å². The molecule has 0 radical (unpaired) electrons. The average Bonchev–Trinajstić information content (AvgIpc) is 2.42. The van der Waals surface area contributed by atoms with E-state index in [1.54, 1.807) is 23.1 Å². The predicted octanol–water partition coefficient (Wildman–Crippen LogP) is 2.29. The lowest BCUT2D eigenvalue weighted by Crippen LogP contribution is -2.44. The lowest BCUT2D eigenvalue weighted by molar-refractivity contribution is 0.177. The zero-order valence-electron chi connectivity index (χ0n) is 11.2. The molecule has 1 aliphatic rings. The van der Waals surface area contributed by atoms with Crippen LogP contribution in [0.2, 0.25) is 0 Å². The van der Waals surface area contributed by atoms with Crippen molar-refractivity contribution in [3.05, 3.63) is 30.1 Å². The summed E-state index contributed by atoms with van der Waals surface area (Å²) >= 11 is 0. The molecule has 1 atom stereocenters. The molecular weight excluding hydrogens is 245 g/mol. The van der Waals surface area contributed by atoms with Crippen molar-refractivity contribution < 1.29 is 9.18 Å². The summed E-state index contributed by atoms with van der Waals surface area (Å²) in [5.41, 5.74) is 0.239. The number of hydrogen-bond donors (Lipinski definition) is 2. The second kappa shape index (κ2) is 6.52. The molecule has 2 rings (SSSR count). The Morgan fingerprint density at radius 1 is 1.47 bits per heavy atom. The molecule has 1 fully saturated rings. The molecule has 5 heteroatoms. The summed E-state index contributed by atoms with van der Waals surface area (Å²) in [4.78, 5) is 13.9. The van der Waals surface area contributed by atoms with E-state index in [4.69, 9.17) is 0 Å². The molecular formula is C14H20FN3O. The predicted molar refractivity (Wildman–Crippen MR) is 73.6 cm³/mol. The summed E-state index contributed by atoms with van der Waals surface area (Å²) in [5, 5.41) is 5.77. The third kappa shape index (κ3) is 3.67. The lowest BCUT2D eigenvalue weighted by atomic mass is 9.98. The van der Waals surface area contributed by atoms with Gasteiger partial charge in [-0.1, -0.05) is 12.1 Å². The van der Waals surface area contributed by atoms with Crippen LogP contribution in [-0.4, -0.2) is 37.6 Å². The Balaban J connectivity index is 1.94. The molecule has 1 unspecified atom stereocenters. The number of rotatable bonds is 3. The molecule has 1 aromatic carbocycles. The first-order valence-electron chi connectivity index (χ1n) is 6.65. The van der Waals surface area contributed by atoms with Gasteiger partial charge in [-0.2, -0.15) is 0 Å². The smallest absolute Gasteiger partial charge is 0.321 e. The van der Waals surface area contributed by atoms with Gasteiger partial charge in [0.1, 0.15) is 5.82 Å². The number of likely N-dealkylation sites (tertiary alicyclic amines) is 1. The molecule has 1 aliphatic heterocycles. The molecule has 0 aromatic heterocycles. The normalized spacial score (nSPS) is 19.3. The van der Waals surface area contributed by atoms with Crippen LogP contribution < -0.4 is 10.6 Å². The summed E-state index contributed by atoms with van der Waals surface area (Å²) in [6, 6.07) is 6.01. The van der Waals surface area contributed by atoms with E-state index in [9.17, 15) is 9.18 Å². The van der Waals surface area contributed by atoms with Gasteiger partial charge in [-0.3, -0.25) is 0 Å². The van der Waals surface area contributed by atoms with Crippen LogP contribution >= 0.6 is 0 Å². The van der Waals surface area contributed by atoms with E-state index in [1.165, 1.54) is 6.07 Å². The van der Waals surface area contributed by atoms with E-state index in [0.717, 1.165) is 32.5 Å². The van der Waals surface area contributed by atoms with Gasteiger partial charge in [0, 0.05) is 13.1 Å². The fourth-order valence-electron chi connectivity index (χ4n) is 2.46. The molecule has 19 heavy (non-hydrogen) atoms. The number of anilines is 1. The van der Waals surface area contributed by atoms with Crippen LogP contribution in [0.3, 0.4) is 0 Å². The fourth-order valence-corrected chi connectivity index (χ4v) is 2.46. The highest BCUT2D eigenvalue weighted by Crippen LogP contribution is 2.18. The van der Waals surface area contributed by atoms with Crippen molar-refractivity contribution in [1.29, 1.82) is 0 Å². The summed E-state index contributed by atoms with van der Waals surface area (Å²) in [6.07, 6.45) is 2.13. The average molecular weight is 265 g/mol. The number of nitrogens with one attached hydrogen (secondary N) is 2. The third-order valence-electron chi connectivity index (χ3n) is 3.41. The van der Waals surface area contributed by atoms with Gasteiger partial charge < -0.3 is 15.5 Å². The zero-order chi connectivity index (χ0) is 13.7. The van der Waals surface area contributed by atoms with Gasteiger partial charge >= 0.3 is 6.03 Å². The maximum Gasteiger partial charge on any atom is 0.321 e. The van der Waals surface area contributed by atoms with Crippen molar-refractivity contribution in [2.24, 2.45) is 5.92 Å². The second-order valence-electron chi connectivity index (χ2n) is 4.92. The molecule has 1 heterocycles. The van der Waals surface area contributed by atoms with Gasteiger partial charge in [0.15, 0.2) is 0 Å². The van der Waals surface area contributed by atoms with Crippen molar-refractivity contribution in [1.82, 2.24) is 10.2 Å². The largest absolute Gasteiger partial charge is 0.324 e. The minimum Gasteiger partial charge on any atom is -0.324 e. The number of halogens is 1. The van der Waals surface area contributed by atoms with E-state index >= 15 is 0 Å². The fraction of sp³-hybridized carbons (Fsp3) is 0.500. The van der Waals surface area contributed by atoms with Crippen LogP contribution in [0.5, 0.6) is 0 Å². The maximum atomic E-state index is 13.5. The Bertz CT molecular complexity index is 436. The minimum absolute atomic E-state index is 0.217. The number of nitrogens with zero attached hydrogens (tertiary/aromatic N) is 1. The van der Waals surface area contributed by atoms with E-state index in [0.29, 0.717) is 5.92 Å². The number of carbonyl (C=O) groups is 1. The van der Waals surface area contributed by atoms with Gasteiger partial charge in [-0.25, -0.2) is 9.18 Å². The van der Waals surface area contributed by atoms with Crippen molar-refractivity contribution in [2.45, 2.75) is 12.8 Å². The quantitative estimate of drug-likeness (QED) is 0.880. The maximum absolute atomic E-state index is 13.5. The highest BCUT2D eigenvalue weighted by Gasteiger charge is 2.23. The van der Waals surface area contributed by atoms with Crippen LogP contribution in [0.15, 0.2) is 24.3 Å². The molecule has 0 aliphatic carbocycles. The summed E-state index contributed by atoms with van der Waals surface area (Å²) in [7, 11) is 1.92. The molecule has 1 aromatic rings. The van der Waals surface area contributed by atoms with Crippen LogP contribution in [-0.2, 0) is 0 Å². The second-order valence-corrected chi connectivity index (χ2v) is 4.92. The standard InChI is InChI=1S/C14H20FN3O/c1-16-9-11-5-4-8-18(10-11)14(19)17-13-7-3-2-6-12(13)15/h2-3,6-7,11,16H,4-5,8-10H2,1H3,(H,17,19). The van der Waals surface area contributed by atoms with Crippen LogP contribution in [0.25, 0.3) is 0 Å². The summed E-state index contributed by atoms with van der Waals surface area (Å²) < 4.78 is 13.5. The Labute approximate surface area is 113 Å².